The van der Waals surface area contributed by atoms with E-state index in [9.17, 15) is 8.42 Å². The third-order valence-electron chi connectivity index (χ3n) is 6.19. The van der Waals surface area contributed by atoms with Crippen molar-refractivity contribution in [2.75, 3.05) is 28.0 Å². The number of nitrogens with zero attached hydrogens (tertiary/aromatic N) is 3. The molecule has 7 nitrogen and oxygen atoms in total. The Bertz CT molecular complexity index is 1420. The van der Waals surface area contributed by atoms with E-state index in [2.05, 4.69) is 19.9 Å². The molecule has 5 rings (SSSR count). The van der Waals surface area contributed by atoms with Crippen molar-refractivity contribution in [3.8, 4) is 11.1 Å². The molecule has 1 fully saturated rings. The van der Waals surface area contributed by atoms with E-state index in [0.717, 1.165) is 41.4 Å². The maximum atomic E-state index is 12.9. The summed E-state index contributed by atoms with van der Waals surface area (Å²) in [6.07, 6.45) is 3.63. The van der Waals surface area contributed by atoms with Crippen LogP contribution in [-0.2, 0) is 10.0 Å². The highest BCUT2D eigenvalue weighted by Gasteiger charge is 2.16. The lowest BCUT2D eigenvalue weighted by atomic mass is 10.1. The molecule has 2 N–H and O–H groups in total. The summed E-state index contributed by atoms with van der Waals surface area (Å²) in [6, 6.07) is 25.8. The molecule has 4 aromatic rings. The van der Waals surface area contributed by atoms with Crippen molar-refractivity contribution in [1.29, 1.82) is 0 Å². The smallest absolute Gasteiger partial charge is 0.261 e. The molecule has 8 heteroatoms. The Labute approximate surface area is 212 Å². The van der Waals surface area contributed by atoms with E-state index < -0.39 is 10.0 Å². The largest absolute Gasteiger partial charge is 0.356 e. The van der Waals surface area contributed by atoms with Crippen LogP contribution in [0.5, 0.6) is 0 Å². The van der Waals surface area contributed by atoms with Crippen LogP contribution in [0.4, 0.5) is 23.1 Å². The van der Waals surface area contributed by atoms with Gasteiger partial charge < -0.3 is 10.2 Å². The fraction of sp³-hybridized carbons (Fsp3) is 0.214. The monoisotopic (exact) mass is 499 g/mol. The minimum absolute atomic E-state index is 0.211. The number of aryl methyl sites for hydroxylation is 1. The van der Waals surface area contributed by atoms with Gasteiger partial charge in [0.25, 0.3) is 10.0 Å². The van der Waals surface area contributed by atoms with Gasteiger partial charge >= 0.3 is 0 Å². The number of sulfonamides is 1. The molecular formula is C28H29N5O2S. The van der Waals surface area contributed by atoms with Gasteiger partial charge in [0.05, 0.1) is 4.90 Å². The summed E-state index contributed by atoms with van der Waals surface area (Å²) in [5.74, 6) is 1.47. The lowest BCUT2D eigenvalue weighted by Gasteiger charge is -2.28. The number of hydrogen-bond donors (Lipinski definition) is 2. The number of rotatable bonds is 7. The van der Waals surface area contributed by atoms with Gasteiger partial charge in [0.1, 0.15) is 5.82 Å². The summed E-state index contributed by atoms with van der Waals surface area (Å²) in [5, 5.41) is 3.24. The average molecular weight is 500 g/mol. The van der Waals surface area contributed by atoms with Crippen molar-refractivity contribution >= 4 is 33.2 Å². The molecule has 184 valence electrons. The van der Waals surface area contributed by atoms with Gasteiger partial charge in [-0.05, 0) is 73.7 Å². The summed E-state index contributed by atoms with van der Waals surface area (Å²) in [6.45, 7) is 3.99. The molecule has 0 saturated carbocycles. The fourth-order valence-corrected chi connectivity index (χ4v) is 5.37. The molecule has 0 unspecified atom stereocenters. The van der Waals surface area contributed by atoms with Crippen LogP contribution in [0, 0.1) is 6.92 Å². The van der Waals surface area contributed by atoms with Crippen molar-refractivity contribution in [1.82, 2.24) is 9.97 Å². The van der Waals surface area contributed by atoms with E-state index in [4.69, 9.17) is 4.98 Å². The predicted molar refractivity (Wildman–Crippen MR) is 145 cm³/mol. The van der Waals surface area contributed by atoms with Crippen LogP contribution >= 0.6 is 0 Å². The quantitative estimate of drug-likeness (QED) is 0.325. The summed E-state index contributed by atoms with van der Waals surface area (Å²) in [4.78, 5) is 11.7. The molecule has 1 aliphatic rings. The van der Waals surface area contributed by atoms with Crippen molar-refractivity contribution in [3.63, 3.8) is 0 Å². The number of nitrogens with one attached hydrogen (secondary N) is 2. The van der Waals surface area contributed by atoms with E-state index in [1.807, 2.05) is 67.6 Å². The summed E-state index contributed by atoms with van der Waals surface area (Å²) in [5.41, 5.74) is 4.16. The highest BCUT2D eigenvalue weighted by Crippen LogP contribution is 2.25. The second-order valence-corrected chi connectivity index (χ2v) is 10.6. The molecule has 3 aromatic carbocycles. The van der Waals surface area contributed by atoms with E-state index in [-0.39, 0.29) is 4.90 Å². The first-order chi connectivity index (χ1) is 17.5. The van der Waals surface area contributed by atoms with Crippen LogP contribution in [0.25, 0.3) is 11.1 Å². The first-order valence-corrected chi connectivity index (χ1v) is 13.6. The highest BCUT2D eigenvalue weighted by atomic mass is 32.2. The molecular weight excluding hydrogens is 470 g/mol. The second kappa shape index (κ2) is 10.4. The van der Waals surface area contributed by atoms with Crippen LogP contribution in [0.15, 0.2) is 89.8 Å². The van der Waals surface area contributed by atoms with Gasteiger partial charge in [0, 0.05) is 36.2 Å². The van der Waals surface area contributed by atoms with Crippen LogP contribution in [0.3, 0.4) is 0 Å². The van der Waals surface area contributed by atoms with E-state index in [1.165, 1.54) is 19.3 Å². The summed E-state index contributed by atoms with van der Waals surface area (Å²) >= 11 is 0. The standard InChI is InChI=1S/C28H29N5O2S/c1-21-20-27(33-18-6-3-7-19-33)31-28(29-21)30-24-12-14-25(15-13-24)32-36(34,35)26-16-10-23(11-17-26)22-8-4-2-5-9-22/h2,4-5,8-17,20,32H,3,6-7,18-19H2,1H3,(H,29,30,31). The minimum atomic E-state index is -3.71. The van der Waals surface area contributed by atoms with Gasteiger partial charge in [-0.2, -0.15) is 4.98 Å². The highest BCUT2D eigenvalue weighted by molar-refractivity contribution is 7.92. The molecule has 0 radical (unpaired) electrons. The van der Waals surface area contributed by atoms with E-state index >= 15 is 0 Å². The van der Waals surface area contributed by atoms with E-state index in [0.29, 0.717) is 11.6 Å². The topological polar surface area (TPSA) is 87.2 Å². The lowest BCUT2D eigenvalue weighted by Crippen LogP contribution is -2.30. The van der Waals surface area contributed by atoms with Gasteiger partial charge in [-0.15, -0.1) is 0 Å². The molecule has 0 bridgehead atoms. The Balaban J connectivity index is 1.26. The molecule has 0 amide bonds. The molecule has 0 atom stereocenters. The minimum Gasteiger partial charge on any atom is -0.356 e. The summed E-state index contributed by atoms with van der Waals surface area (Å²) < 4.78 is 28.5. The second-order valence-electron chi connectivity index (χ2n) is 8.94. The number of aromatic nitrogens is 2. The zero-order valence-electron chi connectivity index (χ0n) is 20.2. The first kappa shape index (κ1) is 23.8. The summed E-state index contributed by atoms with van der Waals surface area (Å²) in [7, 11) is -3.71. The Morgan fingerprint density at radius 3 is 2.08 bits per heavy atom. The third-order valence-corrected chi connectivity index (χ3v) is 7.58. The first-order valence-electron chi connectivity index (χ1n) is 12.1. The van der Waals surface area contributed by atoms with Gasteiger partial charge in [0.15, 0.2) is 0 Å². The SMILES string of the molecule is Cc1cc(N2CCCCC2)nc(Nc2ccc(NS(=O)(=O)c3ccc(-c4ccccc4)cc3)cc2)n1. The molecule has 1 saturated heterocycles. The average Bonchev–Trinajstić information content (AvgIpc) is 2.90. The van der Waals surface area contributed by atoms with Crippen molar-refractivity contribution in [3.05, 3.63) is 90.6 Å². The molecule has 0 aliphatic carbocycles. The van der Waals surface area contributed by atoms with Gasteiger partial charge in [-0.1, -0.05) is 42.5 Å². The molecule has 36 heavy (non-hydrogen) atoms. The van der Waals surface area contributed by atoms with Gasteiger partial charge in [-0.3, -0.25) is 4.72 Å². The predicted octanol–water partition coefficient (Wildman–Crippen LogP) is 5.99. The fourth-order valence-electron chi connectivity index (χ4n) is 4.31. The molecule has 2 heterocycles. The maximum absolute atomic E-state index is 12.9. The van der Waals surface area contributed by atoms with Crippen LogP contribution in [-0.4, -0.2) is 31.5 Å². The normalized spacial score (nSPS) is 13.9. The van der Waals surface area contributed by atoms with Crippen molar-refractivity contribution in [2.24, 2.45) is 0 Å². The zero-order chi connectivity index (χ0) is 25.0. The number of piperidine rings is 1. The van der Waals surface area contributed by atoms with Crippen LogP contribution in [0.2, 0.25) is 0 Å². The molecule has 1 aromatic heterocycles. The number of hydrogen-bond acceptors (Lipinski definition) is 6. The molecule has 1 aliphatic heterocycles. The Hall–Kier alpha value is -3.91. The van der Waals surface area contributed by atoms with Crippen molar-refractivity contribution in [2.45, 2.75) is 31.1 Å². The van der Waals surface area contributed by atoms with Crippen molar-refractivity contribution < 1.29 is 8.42 Å². The van der Waals surface area contributed by atoms with Crippen LogP contribution in [0.1, 0.15) is 25.0 Å². The maximum Gasteiger partial charge on any atom is 0.261 e. The van der Waals surface area contributed by atoms with E-state index in [1.54, 1.807) is 24.3 Å². The van der Waals surface area contributed by atoms with Gasteiger partial charge in [0.2, 0.25) is 5.95 Å². The Kier molecular flexibility index (Phi) is 6.86. The lowest BCUT2D eigenvalue weighted by molar-refractivity contribution is 0.573. The molecule has 0 spiro atoms. The Morgan fingerprint density at radius 1 is 0.750 bits per heavy atom. The zero-order valence-corrected chi connectivity index (χ0v) is 21.0. The number of benzene rings is 3. The third kappa shape index (κ3) is 5.66. The van der Waals surface area contributed by atoms with Gasteiger partial charge in [-0.25, -0.2) is 13.4 Å². The van der Waals surface area contributed by atoms with Crippen LogP contribution < -0.4 is 14.9 Å². The Morgan fingerprint density at radius 2 is 1.39 bits per heavy atom. The number of anilines is 4.